The Morgan fingerprint density at radius 3 is 2.53 bits per heavy atom. The maximum absolute atomic E-state index is 11.5. The summed E-state index contributed by atoms with van der Waals surface area (Å²) in [7, 11) is 1.36. The van der Waals surface area contributed by atoms with Gasteiger partial charge in [0.05, 0.1) is 19.3 Å². The van der Waals surface area contributed by atoms with Crippen LogP contribution in [0.25, 0.3) is 5.76 Å². The third-order valence-corrected chi connectivity index (χ3v) is 2.41. The minimum Gasteiger partial charge on any atom is -0.494 e. The zero-order chi connectivity index (χ0) is 12.7. The average Bonchev–Trinajstić information content (AvgIpc) is 2.38. The van der Waals surface area contributed by atoms with E-state index in [-0.39, 0.29) is 5.97 Å². The molecule has 0 atom stereocenters. The van der Waals surface area contributed by atoms with Crippen LogP contribution in [0.3, 0.4) is 0 Å². The molecule has 0 aliphatic heterocycles. The summed E-state index contributed by atoms with van der Waals surface area (Å²) in [4.78, 5) is 11.5. The van der Waals surface area contributed by atoms with Crippen molar-refractivity contribution in [3.8, 4) is 0 Å². The molecule has 92 valence electrons. The molecular weight excluding hydrogens is 216 g/mol. The van der Waals surface area contributed by atoms with Gasteiger partial charge in [-0.3, -0.25) is 0 Å². The lowest BCUT2D eigenvalue weighted by atomic mass is 10.1. The Hall–Kier alpha value is -1.77. The molecule has 3 nitrogen and oxygen atoms in total. The van der Waals surface area contributed by atoms with Crippen molar-refractivity contribution < 1.29 is 14.3 Å². The molecule has 0 N–H and O–H groups in total. The third kappa shape index (κ3) is 3.63. The van der Waals surface area contributed by atoms with Crippen molar-refractivity contribution in [1.29, 1.82) is 0 Å². The van der Waals surface area contributed by atoms with Crippen molar-refractivity contribution >= 4 is 11.7 Å². The van der Waals surface area contributed by atoms with E-state index in [4.69, 9.17) is 9.47 Å². The fraction of sp³-hybridized carbons (Fsp3) is 0.357. The molecule has 0 amide bonds. The Bertz CT molecular complexity index is 396. The molecule has 0 aromatic heterocycles. The van der Waals surface area contributed by atoms with E-state index in [0.29, 0.717) is 23.5 Å². The number of carbonyl (C=O) groups excluding carboxylic acids is 1. The molecule has 0 radical (unpaired) electrons. The largest absolute Gasteiger partial charge is 0.494 e. The van der Waals surface area contributed by atoms with E-state index in [1.807, 2.05) is 6.07 Å². The Kier molecular flexibility index (Phi) is 5.27. The van der Waals surface area contributed by atoms with Gasteiger partial charge in [-0.2, -0.15) is 0 Å². The van der Waals surface area contributed by atoms with Crippen LogP contribution in [0, 0.1) is 0 Å². The van der Waals surface area contributed by atoms with E-state index >= 15 is 0 Å². The van der Waals surface area contributed by atoms with E-state index in [0.717, 1.165) is 12.8 Å². The molecule has 17 heavy (non-hydrogen) atoms. The number of rotatable bonds is 6. The second-order valence-corrected chi connectivity index (χ2v) is 3.66. The number of hydrogen-bond acceptors (Lipinski definition) is 3. The molecule has 3 heteroatoms. The molecular formula is C14H18O3. The summed E-state index contributed by atoms with van der Waals surface area (Å²) in [5.41, 5.74) is 1.17. The topological polar surface area (TPSA) is 35.5 Å². The van der Waals surface area contributed by atoms with Crippen LogP contribution >= 0.6 is 0 Å². The minimum atomic E-state index is -0.374. The van der Waals surface area contributed by atoms with Gasteiger partial charge in [0.25, 0.3) is 0 Å². The highest BCUT2D eigenvalue weighted by Crippen LogP contribution is 2.19. The van der Waals surface area contributed by atoms with Crippen LogP contribution in [-0.4, -0.2) is 19.7 Å². The number of benzene rings is 1. The Morgan fingerprint density at radius 2 is 1.94 bits per heavy atom. The molecule has 0 saturated heterocycles. The van der Waals surface area contributed by atoms with Gasteiger partial charge in [-0.15, -0.1) is 0 Å². The second-order valence-electron chi connectivity index (χ2n) is 3.66. The maximum Gasteiger partial charge on any atom is 0.338 e. The molecule has 1 rings (SSSR count). The van der Waals surface area contributed by atoms with Gasteiger partial charge in [0.15, 0.2) is 0 Å². The molecule has 0 fully saturated rings. The predicted molar refractivity (Wildman–Crippen MR) is 67.7 cm³/mol. The summed E-state index contributed by atoms with van der Waals surface area (Å²) in [5.74, 6) is 0.139. The van der Waals surface area contributed by atoms with Crippen LogP contribution in [-0.2, 0) is 9.47 Å². The van der Waals surface area contributed by atoms with Crippen LogP contribution in [0.15, 0.2) is 30.8 Å². The molecule has 0 bridgehead atoms. The molecule has 0 unspecified atom stereocenters. The fourth-order valence-corrected chi connectivity index (χ4v) is 1.43. The summed E-state index contributed by atoms with van der Waals surface area (Å²) in [5, 5.41) is 0. The Morgan fingerprint density at radius 1 is 1.29 bits per heavy atom. The Balaban J connectivity index is 2.82. The Labute approximate surface area is 102 Å². The van der Waals surface area contributed by atoms with Gasteiger partial charge in [-0.1, -0.05) is 38.1 Å². The van der Waals surface area contributed by atoms with Gasteiger partial charge < -0.3 is 9.47 Å². The molecule has 0 saturated carbocycles. The predicted octanol–water partition coefficient (Wildman–Crippen LogP) is 3.26. The zero-order valence-corrected chi connectivity index (χ0v) is 10.4. The first-order chi connectivity index (χ1) is 8.20. The molecule has 0 aliphatic rings. The molecule has 1 aromatic carbocycles. The number of carbonyl (C=O) groups is 1. The highest BCUT2D eigenvalue weighted by Gasteiger charge is 2.13. The monoisotopic (exact) mass is 234 g/mol. The van der Waals surface area contributed by atoms with Crippen molar-refractivity contribution in [2.45, 2.75) is 19.8 Å². The molecule has 1 aromatic rings. The van der Waals surface area contributed by atoms with Crippen molar-refractivity contribution in [2.75, 3.05) is 13.7 Å². The number of unbranched alkanes of at least 4 members (excludes halogenated alkanes) is 1. The highest BCUT2D eigenvalue weighted by atomic mass is 16.5. The first-order valence-electron chi connectivity index (χ1n) is 5.70. The highest BCUT2D eigenvalue weighted by molar-refractivity contribution is 5.94. The van der Waals surface area contributed by atoms with Crippen LogP contribution in [0.2, 0.25) is 0 Å². The van der Waals surface area contributed by atoms with Crippen molar-refractivity contribution in [3.05, 3.63) is 42.0 Å². The van der Waals surface area contributed by atoms with Crippen LogP contribution in [0.4, 0.5) is 0 Å². The molecule has 0 spiro atoms. The smallest absolute Gasteiger partial charge is 0.338 e. The summed E-state index contributed by atoms with van der Waals surface area (Å²) in [6.45, 7) is 6.55. The lowest BCUT2D eigenvalue weighted by molar-refractivity contribution is 0.0599. The van der Waals surface area contributed by atoms with E-state index in [9.17, 15) is 4.79 Å². The van der Waals surface area contributed by atoms with Gasteiger partial charge in [-0.25, -0.2) is 4.79 Å². The quantitative estimate of drug-likeness (QED) is 0.430. The number of ether oxygens (including phenoxy) is 2. The molecule has 0 heterocycles. The first-order valence-corrected chi connectivity index (χ1v) is 5.70. The van der Waals surface area contributed by atoms with Gasteiger partial charge in [0.2, 0.25) is 0 Å². The fourth-order valence-electron chi connectivity index (χ4n) is 1.43. The van der Waals surface area contributed by atoms with E-state index < -0.39 is 0 Å². The third-order valence-electron chi connectivity index (χ3n) is 2.41. The van der Waals surface area contributed by atoms with Crippen LogP contribution in [0.1, 0.15) is 35.7 Å². The number of hydrogen-bond donors (Lipinski definition) is 0. The van der Waals surface area contributed by atoms with E-state index in [1.165, 1.54) is 7.11 Å². The lowest BCUT2D eigenvalue weighted by Crippen LogP contribution is -2.06. The SMILES string of the molecule is C=C(OCCCC)c1ccccc1C(=O)OC. The summed E-state index contributed by atoms with van der Waals surface area (Å²) in [6.07, 6.45) is 2.03. The average molecular weight is 234 g/mol. The van der Waals surface area contributed by atoms with Gasteiger partial charge >= 0.3 is 5.97 Å². The van der Waals surface area contributed by atoms with E-state index in [1.54, 1.807) is 18.2 Å². The maximum atomic E-state index is 11.5. The second kappa shape index (κ2) is 6.74. The van der Waals surface area contributed by atoms with E-state index in [2.05, 4.69) is 13.5 Å². The normalized spacial score (nSPS) is 9.76. The lowest BCUT2D eigenvalue weighted by Gasteiger charge is -2.11. The van der Waals surface area contributed by atoms with Crippen LogP contribution in [0.5, 0.6) is 0 Å². The van der Waals surface area contributed by atoms with Gasteiger partial charge in [0, 0.05) is 5.56 Å². The summed E-state index contributed by atoms with van der Waals surface area (Å²) in [6, 6.07) is 7.14. The molecule has 0 aliphatic carbocycles. The minimum absolute atomic E-state index is 0.374. The van der Waals surface area contributed by atoms with Crippen LogP contribution < -0.4 is 0 Å². The summed E-state index contributed by atoms with van der Waals surface area (Å²) < 4.78 is 10.2. The van der Waals surface area contributed by atoms with Gasteiger partial charge in [0.1, 0.15) is 5.76 Å². The number of methoxy groups -OCH3 is 1. The first kappa shape index (κ1) is 13.3. The standard InChI is InChI=1S/C14H18O3/c1-4-5-10-17-11(2)12-8-6-7-9-13(12)14(15)16-3/h6-9H,2,4-5,10H2,1,3H3. The van der Waals surface area contributed by atoms with Gasteiger partial charge in [-0.05, 0) is 12.5 Å². The zero-order valence-electron chi connectivity index (χ0n) is 10.4. The number of esters is 1. The van der Waals surface area contributed by atoms with Crippen molar-refractivity contribution in [1.82, 2.24) is 0 Å². The van der Waals surface area contributed by atoms with Crippen molar-refractivity contribution in [3.63, 3.8) is 0 Å². The van der Waals surface area contributed by atoms with Crippen molar-refractivity contribution in [2.24, 2.45) is 0 Å². The summed E-state index contributed by atoms with van der Waals surface area (Å²) >= 11 is 0.